The van der Waals surface area contributed by atoms with Crippen molar-refractivity contribution in [1.29, 1.82) is 0 Å². The van der Waals surface area contributed by atoms with Crippen molar-refractivity contribution in [1.82, 2.24) is 4.90 Å². The Bertz CT molecular complexity index is 680. The molecule has 1 aliphatic rings. The smallest absolute Gasteiger partial charge is 0.348 e. The maximum absolute atomic E-state index is 12.5. The van der Waals surface area contributed by atoms with Gasteiger partial charge in [-0.2, -0.15) is 0 Å². The SMILES string of the molecule is CCC#Cc1cc(CC(CC)CC(=O)N2CCOCC2)c(C(=O)OC)s1. The number of thiophene rings is 1. The summed E-state index contributed by atoms with van der Waals surface area (Å²) in [5.74, 6) is 6.16. The second-order valence-electron chi connectivity index (χ2n) is 6.29. The van der Waals surface area contributed by atoms with E-state index in [-0.39, 0.29) is 17.8 Å². The van der Waals surface area contributed by atoms with E-state index in [1.165, 1.54) is 18.4 Å². The number of amides is 1. The third-order valence-corrected chi connectivity index (χ3v) is 5.55. The van der Waals surface area contributed by atoms with Gasteiger partial charge in [-0.15, -0.1) is 11.3 Å². The second-order valence-corrected chi connectivity index (χ2v) is 7.34. The molecule has 0 N–H and O–H groups in total. The van der Waals surface area contributed by atoms with Gasteiger partial charge in [0.05, 0.1) is 25.2 Å². The van der Waals surface area contributed by atoms with Gasteiger partial charge in [0.25, 0.3) is 0 Å². The van der Waals surface area contributed by atoms with Crippen molar-refractivity contribution in [3.63, 3.8) is 0 Å². The van der Waals surface area contributed by atoms with Gasteiger partial charge in [-0.3, -0.25) is 4.79 Å². The van der Waals surface area contributed by atoms with Crippen molar-refractivity contribution in [2.45, 2.75) is 39.5 Å². The van der Waals surface area contributed by atoms with Crippen LogP contribution in [0, 0.1) is 17.8 Å². The minimum Gasteiger partial charge on any atom is -0.465 e. The average Bonchev–Trinajstić information content (AvgIpc) is 3.08. The molecule has 0 spiro atoms. The Morgan fingerprint density at radius 3 is 2.69 bits per heavy atom. The van der Waals surface area contributed by atoms with Gasteiger partial charge in [-0.05, 0) is 24.0 Å². The summed E-state index contributed by atoms with van der Waals surface area (Å²) >= 11 is 1.37. The van der Waals surface area contributed by atoms with Crippen LogP contribution in [0.15, 0.2) is 6.07 Å². The molecule has 1 aromatic heterocycles. The summed E-state index contributed by atoms with van der Waals surface area (Å²) in [5.41, 5.74) is 0.934. The number of rotatable bonds is 6. The minimum absolute atomic E-state index is 0.168. The van der Waals surface area contributed by atoms with Crippen LogP contribution in [0.5, 0.6) is 0 Å². The number of morpholine rings is 1. The molecule has 1 fully saturated rings. The normalized spacial score (nSPS) is 15.1. The molecule has 6 heteroatoms. The largest absolute Gasteiger partial charge is 0.465 e. The first-order valence-electron chi connectivity index (χ1n) is 9.14. The molecule has 142 valence electrons. The standard InChI is InChI=1S/C20H27NO4S/c1-4-6-7-17-14-16(19(26-17)20(23)24-3)12-15(5-2)13-18(22)21-8-10-25-11-9-21/h14-15H,4-5,8-13H2,1-3H3. The number of ether oxygens (including phenoxy) is 2. The van der Waals surface area contributed by atoms with Gasteiger partial charge in [0.1, 0.15) is 4.88 Å². The van der Waals surface area contributed by atoms with E-state index in [9.17, 15) is 9.59 Å². The Morgan fingerprint density at radius 1 is 1.35 bits per heavy atom. The van der Waals surface area contributed by atoms with Crippen LogP contribution in [0.2, 0.25) is 0 Å². The molecular formula is C20H27NO4S. The van der Waals surface area contributed by atoms with Gasteiger partial charge in [0.2, 0.25) is 5.91 Å². The first-order chi connectivity index (χ1) is 12.6. The van der Waals surface area contributed by atoms with Gasteiger partial charge in [-0.1, -0.05) is 32.1 Å². The van der Waals surface area contributed by atoms with E-state index in [1.54, 1.807) is 0 Å². The van der Waals surface area contributed by atoms with Crippen LogP contribution in [0.25, 0.3) is 0 Å². The van der Waals surface area contributed by atoms with Crippen LogP contribution < -0.4 is 0 Å². The van der Waals surface area contributed by atoms with Crippen LogP contribution in [0.3, 0.4) is 0 Å². The first-order valence-corrected chi connectivity index (χ1v) is 9.96. The molecule has 5 nitrogen and oxygen atoms in total. The van der Waals surface area contributed by atoms with Crippen molar-refractivity contribution in [2.24, 2.45) is 5.92 Å². The fourth-order valence-corrected chi connectivity index (χ4v) is 3.93. The Morgan fingerprint density at radius 2 is 2.08 bits per heavy atom. The number of esters is 1. The molecule has 2 rings (SSSR count). The minimum atomic E-state index is -0.330. The second kappa shape index (κ2) is 10.3. The highest BCUT2D eigenvalue weighted by molar-refractivity contribution is 7.14. The molecule has 0 bridgehead atoms. The van der Waals surface area contributed by atoms with Crippen LogP contribution in [-0.4, -0.2) is 50.2 Å². The highest BCUT2D eigenvalue weighted by Crippen LogP contribution is 2.27. The van der Waals surface area contributed by atoms with Crippen molar-refractivity contribution in [3.05, 3.63) is 21.4 Å². The lowest BCUT2D eigenvalue weighted by atomic mass is 9.93. The zero-order valence-electron chi connectivity index (χ0n) is 15.8. The van der Waals surface area contributed by atoms with Crippen molar-refractivity contribution in [3.8, 4) is 11.8 Å². The Labute approximate surface area is 159 Å². The molecule has 1 aliphatic heterocycles. The van der Waals surface area contributed by atoms with Gasteiger partial charge in [0.15, 0.2) is 0 Å². The molecular weight excluding hydrogens is 350 g/mol. The third kappa shape index (κ3) is 5.58. The van der Waals surface area contributed by atoms with E-state index in [0.717, 1.165) is 23.3 Å². The molecule has 1 atom stereocenters. The monoisotopic (exact) mass is 377 g/mol. The van der Waals surface area contributed by atoms with Gasteiger partial charge >= 0.3 is 5.97 Å². The lowest BCUT2D eigenvalue weighted by Crippen LogP contribution is -2.41. The lowest BCUT2D eigenvalue weighted by molar-refractivity contribution is -0.136. The van der Waals surface area contributed by atoms with E-state index >= 15 is 0 Å². The third-order valence-electron chi connectivity index (χ3n) is 4.48. The zero-order valence-corrected chi connectivity index (χ0v) is 16.6. The van der Waals surface area contributed by atoms with Crippen LogP contribution in [0.1, 0.15) is 53.2 Å². The number of carbonyl (C=O) groups excluding carboxylic acids is 2. The summed E-state index contributed by atoms with van der Waals surface area (Å²) in [6.45, 7) is 6.63. The van der Waals surface area contributed by atoms with E-state index in [0.29, 0.717) is 44.0 Å². The number of hydrogen-bond donors (Lipinski definition) is 0. The van der Waals surface area contributed by atoms with Gasteiger partial charge in [0, 0.05) is 25.9 Å². The van der Waals surface area contributed by atoms with Crippen molar-refractivity contribution >= 4 is 23.2 Å². The fraction of sp³-hybridized carbons (Fsp3) is 0.600. The molecule has 1 unspecified atom stereocenters. The number of methoxy groups -OCH3 is 1. The molecule has 2 heterocycles. The number of carbonyl (C=O) groups is 2. The van der Waals surface area contributed by atoms with Crippen LogP contribution in [-0.2, 0) is 20.7 Å². The lowest BCUT2D eigenvalue weighted by Gasteiger charge is -2.28. The highest BCUT2D eigenvalue weighted by atomic mass is 32.1. The maximum Gasteiger partial charge on any atom is 0.348 e. The summed E-state index contributed by atoms with van der Waals surface area (Å²) in [5, 5.41) is 0. The van der Waals surface area contributed by atoms with Crippen LogP contribution in [0.4, 0.5) is 0 Å². The Balaban J connectivity index is 2.11. The molecule has 0 aliphatic carbocycles. The molecule has 0 saturated carbocycles. The predicted molar refractivity (Wildman–Crippen MR) is 102 cm³/mol. The molecule has 1 aromatic rings. The molecule has 1 amide bonds. The van der Waals surface area contributed by atoms with E-state index in [2.05, 4.69) is 18.8 Å². The van der Waals surface area contributed by atoms with Crippen molar-refractivity contribution in [2.75, 3.05) is 33.4 Å². The Kier molecular flexibility index (Phi) is 8.14. The van der Waals surface area contributed by atoms with Gasteiger partial charge in [-0.25, -0.2) is 4.79 Å². The summed E-state index contributed by atoms with van der Waals surface area (Å²) in [7, 11) is 1.39. The summed E-state index contributed by atoms with van der Waals surface area (Å²) in [6, 6.07) is 1.97. The topological polar surface area (TPSA) is 55.8 Å². The van der Waals surface area contributed by atoms with E-state index in [1.807, 2.05) is 17.9 Å². The van der Waals surface area contributed by atoms with Crippen LogP contribution >= 0.6 is 11.3 Å². The van der Waals surface area contributed by atoms with E-state index < -0.39 is 0 Å². The fourth-order valence-electron chi connectivity index (χ4n) is 2.94. The molecule has 26 heavy (non-hydrogen) atoms. The maximum atomic E-state index is 12.5. The molecule has 0 radical (unpaired) electrons. The average molecular weight is 378 g/mol. The summed E-state index contributed by atoms with van der Waals surface area (Å²) < 4.78 is 10.2. The zero-order chi connectivity index (χ0) is 18.9. The number of nitrogens with zero attached hydrogens (tertiary/aromatic N) is 1. The number of hydrogen-bond acceptors (Lipinski definition) is 5. The highest BCUT2D eigenvalue weighted by Gasteiger charge is 2.23. The quantitative estimate of drug-likeness (QED) is 0.565. The van der Waals surface area contributed by atoms with Crippen molar-refractivity contribution < 1.29 is 19.1 Å². The first kappa shape index (κ1) is 20.5. The Hall–Kier alpha value is -1.84. The summed E-state index contributed by atoms with van der Waals surface area (Å²) in [6.07, 6.45) is 2.82. The predicted octanol–water partition coefficient (Wildman–Crippen LogP) is 3.11. The van der Waals surface area contributed by atoms with E-state index in [4.69, 9.17) is 9.47 Å². The summed E-state index contributed by atoms with van der Waals surface area (Å²) in [4.78, 5) is 28.0. The van der Waals surface area contributed by atoms with Gasteiger partial charge < -0.3 is 14.4 Å². The molecule has 0 aromatic carbocycles. The molecule has 1 saturated heterocycles.